The fraction of sp³-hybridized carbons (Fsp3) is 0.583. The zero-order valence-electron chi connectivity index (χ0n) is 9.94. The first-order chi connectivity index (χ1) is 7.58. The Balaban J connectivity index is 2.14. The second-order valence-corrected chi connectivity index (χ2v) is 6.56. The van der Waals surface area contributed by atoms with Crippen LogP contribution in [0.1, 0.15) is 20.3 Å². The predicted octanol–water partition coefficient (Wildman–Crippen LogP) is 2.39. The lowest BCUT2D eigenvalue weighted by atomic mass is 10.1. The monoisotopic (exact) mass is 237 g/mol. The number of nitrogens with zero attached hydrogens (tertiary/aromatic N) is 2. The number of pyridine rings is 1. The molecule has 1 aromatic rings. The highest BCUT2D eigenvalue weighted by Crippen LogP contribution is 2.32. The zero-order valence-corrected chi connectivity index (χ0v) is 10.8. The van der Waals surface area contributed by atoms with E-state index in [1.165, 1.54) is 6.42 Å². The van der Waals surface area contributed by atoms with E-state index in [2.05, 4.69) is 23.7 Å². The Morgan fingerprint density at radius 2 is 2.25 bits per heavy atom. The summed E-state index contributed by atoms with van der Waals surface area (Å²) in [6.07, 6.45) is 2.99. The van der Waals surface area contributed by atoms with E-state index < -0.39 is 0 Å². The molecule has 0 amide bonds. The number of hydrogen-bond donors (Lipinski definition) is 1. The van der Waals surface area contributed by atoms with Crippen molar-refractivity contribution in [2.75, 3.05) is 29.5 Å². The van der Waals surface area contributed by atoms with Gasteiger partial charge in [-0.3, -0.25) is 0 Å². The average molecular weight is 237 g/mol. The van der Waals surface area contributed by atoms with Gasteiger partial charge in [0.25, 0.3) is 0 Å². The summed E-state index contributed by atoms with van der Waals surface area (Å²) in [5.41, 5.74) is 6.74. The topological polar surface area (TPSA) is 42.2 Å². The Kier molecular flexibility index (Phi) is 3.28. The Labute approximate surface area is 101 Å². The van der Waals surface area contributed by atoms with Crippen LogP contribution in [0, 0.1) is 0 Å². The van der Waals surface area contributed by atoms with Crippen LogP contribution >= 0.6 is 11.8 Å². The van der Waals surface area contributed by atoms with Gasteiger partial charge in [0.1, 0.15) is 0 Å². The van der Waals surface area contributed by atoms with E-state index in [1.54, 1.807) is 0 Å². The van der Waals surface area contributed by atoms with Gasteiger partial charge in [-0.05, 0) is 18.6 Å². The van der Waals surface area contributed by atoms with E-state index in [0.717, 1.165) is 30.3 Å². The molecule has 16 heavy (non-hydrogen) atoms. The van der Waals surface area contributed by atoms with Gasteiger partial charge in [0.05, 0.1) is 5.69 Å². The fourth-order valence-electron chi connectivity index (χ4n) is 1.91. The van der Waals surface area contributed by atoms with E-state index in [0.29, 0.717) is 4.75 Å². The molecule has 0 spiro atoms. The van der Waals surface area contributed by atoms with Crippen molar-refractivity contribution in [3.63, 3.8) is 0 Å². The lowest BCUT2D eigenvalue weighted by Gasteiger charge is -2.24. The number of rotatable bonds is 1. The minimum absolute atomic E-state index is 0.373. The molecule has 1 aliphatic rings. The molecule has 2 rings (SSSR count). The Bertz CT molecular complexity index is 365. The van der Waals surface area contributed by atoms with E-state index >= 15 is 0 Å². The second kappa shape index (κ2) is 4.53. The smallest absolute Gasteiger partial charge is 0.151 e. The van der Waals surface area contributed by atoms with Gasteiger partial charge in [-0.1, -0.05) is 13.8 Å². The van der Waals surface area contributed by atoms with E-state index in [4.69, 9.17) is 5.73 Å². The normalized spacial score (nSPS) is 20.5. The lowest BCUT2D eigenvalue weighted by Crippen LogP contribution is -2.28. The molecule has 1 aliphatic heterocycles. The van der Waals surface area contributed by atoms with Crippen molar-refractivity contribution in [3.8, 4) is 0 Å². The van der Waals surface area contributed by atoms with Crippen LogP contribution in [0.3, 0.4) is 0 Å². The zero-order chi connectivity index (χ0) is 11.6. The predicted molar refractivity (Wildman–Crippen MR) is 72.0 cm³/mol. The highest BCUT2D eigenvalue weighted by Gasteiger charge is 2.24. The molecule has 88 valence electrons. The third-order valence-electron chi connectivity index (χ3n) is 2.95. The van der Waals surface area contributed by atoms with Crippen LogP contribution in [-0.2, 0) is 0 Å². The molecule has 1 aromatic heterocycles. The second-order valence-electron chi connectivity index (χ2n) is 4.76. The van der Waals surface area contributed by atoms with Crippen LogP contribution in [0.4, 0.5) is 11.5 Å². The van der Waals surface area contributed by atoms with Gasteiger partial charge in [0.15, 0.2) is 5.82 Å². The van der Waals surface area contributed by atoms with E-state index in [9.17, 15) is 0 Å². The molecule has 0 bridgehead atoms. The molecule has 0 unspecified atom stereocenters. The van der Waals surface area contributed by atoms with Gasteiger partial charge in [-0.2, -0.15) is 11.8 Å². The van der Waals surface area contributed by atoms with Gasteiger partial charge >= 0.3 is 0 Å². The standard InChI is InChI=1S/C12H19N3S/c1-12(2)5-7-15(8-9-16-12)11-10(13)4-3-6-14-11/h3-4,6H,5,7-9,13H2,1-2H3. The SMILES string of the molecule is CC1(C)CCN(c2ncccc2N)CCS1. The lowest BCUT2D eigenvalue weighted by molar-refractivity contribution is 0.635. The summed E-state index contributed by atoms with van der Waals surface area (Å²) in [7, 11) is 0. The minimum atomic E-state index is 0.373. The largest absolute Gasteiger partial charge is 0.396 e. The molecule has 0 aliphatic carbocycles. The van der Waals surface area contributed by atoms with E-state index in [1.807, 2.05) is 30.1 Å². The molecule has 2 N–H and O–H groups in total. The van der Waals surface area contributed by atoms with Gasteiger partial charge in [0.2, 0.25) is 0 Å². The molecule has 3 nitrogen and oxygen atoms in total. The number of nitrogen functional groups attached to an aromatic ring is 1. The van der Waals surface area contributed by atoms with Crippen molar-refractivity contribution in [1.82, 2.24) is 4.98 Å². The summed E-state index contributed by atoms with van der Waals surface area (Å²) in [5, 5.41) is 0. The third kappa shape index (κ3) is 2.61. The number of hydrogen-bond acceptors (Lipinski definition) is 4. The fourth-order valence-corrected chi connectivity index (χ4v) is 3.01. The third-order valence-corrected chi connectivity index (χ3v) is 4.33. The Morgan fingerprint density at radius 3 is 3.00 bits per heavy atom. The van der Waals surface area contributed by atoms with Crippen LogP contribution in [0.2, 0.25) is 0 Å². The van der Waals surface area contributed by atoms with Crippen LogP contribution in [0.25, 0.3) is 0 Å². The molecule has 0 radical (unpaired) electrons. The van der Waals surface area contributed by atoms with Crippen LogP contribution in [0.5, 0.6) is 0 Å². The van der Waals surface area contributed by atoms with Gasteiger partial charge in [0, 0.05) is 29.8 Å². The van der Waals surface area contributed by atoms with Gasteiger partial charge in [-0.25, -0.2) is 4.98 Å². The summed E-state index contributed by atoms with van der Waals surface area (Å²) in [6, 6.07) is 3.81. The highest BCUT2D eigenvalue weighted by atomic mass is 32.2. The maximum absolute atomic E-state index is 5.96. The first-order valence-corrected chi connectivity index (χ1v) is 6.66. The van der Waals surface area contributed by atoms with Crippen molar-refractivity contribution in [1.29, 1.82) is 0 Å². The molecule has 4 heteroatoms. The van der Waals surface area contributed by atoms with Crippen molar-refractivity contribution < 1.29 is 0 Å². The summed E-state index contributed by atoms with van der Waals surface area (Å²) >= 11 is 2.04. The van der Waals surface area contributed by atoms with Gasteiger partial charge < -0.3 is 10.6 Å². The Hall–Kier alpha value is -0.900. The maximum Gasteiger partial charge on any atom is 0.151 e. The molecule has 0 aromatic carbocycles. The minimum Gasteiger partial charge on any atom is -0.396 e. The van der Waals surface area contributed by atoms with Gasteiger partial charge in [-0.15, -0.1) is 0 Å². The highest BCUT2D eigenvalue weighted by molar-refractivity contribution is 8.00. The summed E-state index contributed by atoms with van der Waals surface area (Å²) in [6.45, 7) is 6.70. The van der Waals surface area contributed by atoms with Crippen LogP contribution in [0.15, 0.2) is 18.3 Å². The van der Waals surface area contributed by atoms with Crippen LogP contribution < -0.4 is 10.6 Å². The van der Waals surface area contributed by atoms with Crippen molar-refractivity contribution in [2.24, 2.45) is 0 Å². The molecule has 2 heterocycles. The molecular formula is C12H19N3S. The van der Waals surface area contributed by atoms with Crippen molar-refractivity contribution in [2.45, 2.75) is 25.0 Å². The van der Waals surface area contributed by atoms with Crippen LogP contribution in [-0.4, -0.2) is 28.6 Å². The number of nitrogens with two attached hydrogens (primary N) is 1. The quantitative estimate of drug-likeness (QED) is 0.814. The molecular weight excluding hydrogens is 218 g/mol. The molecule has 1 fully saturated rings. The average Bonchev–Trinajstić information content (AvgIpc) is 2.40. The Morgan fingerprint density at radius 1 is 1.44 bits per heavy atom. The number of anilines is 2. The summed E-state index contributed by atoms with van der Waals surface area (Å²) < 4.78 is 0.373. The van der Waals surface area contributed by atoms with Crippen molar-refractivity contribution in [3.05, 3.63) is 18.3 Å². The number of aromatic nitrogens is 1. The summed E-state index contributed by atoms with van der Waals surface area (Å²) in [5.74, 6) is 2.09. The van der Waals surface area contributed by atoms with E-state index in [-0.39, 0.29) is 0 Å². The molecule has 0 atom stereocenters. The molecule has 0 saturated carbocycles. The van der Waals surface area contributed by atoms with Crippen molar-refractivity contribution >= 4 is 23.3 Å². The number of thioether (sulfide) groups is 1. The maximum atomic E-state index is 5.96. The first kappa shape index (κ1) is 11.6. The first-order valence-electron chi connectivity index (χ1n) is 5.68. The summed E-state index contributed by atoms with van der Waals surface area (Å²) in [4.78, 5) is 6.69. The molecule has 1 saturated heterocycles.